The first-order valence-electron chi connectivity index (χ1n) is 12.9. The first kappa shape index (κ1) is 22.8. The molecular formula is C32H30O4. The van der Waals surface area contributed by atoms with Gasteiger partial charge < -0.3 is 9.47 Å². The summed E-state index contributed by atoms with van der Waals surface area (Å²) in [5, 5.41) is 0. The molecule has 0 radical (unpaired) electrons. The number of benzene rings is 3. The van der Waals surface area contributed by atoms with Gasteiger partial charge in [-0.2, -0.15) is 0 Å². The zero-order valence-corrected chi connectivity index (χ0v) is 20.5. The van der Waals surface area contributed by atoms with E-state index in [-0.39, 0.29) is 23.5 Å². The van der Waals surface area contributed by atoms with Crippen molar-refractivity contribution in [2.45, 2.75) is 51.0 Å². The Morgan fingerprint density at radius 3 is 2.25 bits per heavy atom. The van der Waals surface area contributed by atoms with Crippen molar-refractivity contribution in [3.63, 3.8) is 0 Å². The van der Waals surface area contributed by atoms with Crippen LogP contribution in [-0.2, 0) is 11.2 Å². The molecule has 0 N–H and O–H groups in total. The van der Waals surface area contributed by atoms with Crippen LogP contribution in [0.1, 0.15) is 70.4 Å². The predicted molar refractivity (Wildman–Crippen MR) is 138 cm³/mol. The summed E-state index contributed by atoms with van der Waals surface area (Å²) in [5.74, 6) is 0.847. The van der Waals surface area contributed by atoms with E-state index in [9.17, 15) is 9.59 Å². The van der Waals surface area contributed by atoms with Crippen LogP contribution >= 0.6 is 0 Å². The molecule has 182 valence electrons. The summed E-state index contributed by atoms with van der Waals surface area (Å²) in [4.78, 5) is 25.3. The van der Waals surface area contributed by atoms with E-state index in [1.165, 1.54) is 16.7 Å². The minimum Gasteiger partial charge on any atom is -0.458 e. The number of ether oxygens (including phenoxy) is 2. The van der Waals surface area contributed by atoms with Crippen LogP contribution in [-0.4, -0.2) is 18.0 Å². The average Bonchev–Trinajstić information content (AvgIpc) is 3.25. The smallest absolute Gasteiger partial charge is 0.343 e. The van der Waals surface area contributed by atoms with Gasteiger partial charge in [0.05, 0.1) is 11.1 Å². The highest BCUT2D eigenvalue weighted by atomic mass is 16.5. The number of hydrogen-bond acceptors (Lipinski definition) is 4. The number of fused-ring (bicyclic) bond motifs is 5. The topological polar surface area (TPSA) is 52.6 Å². The SMILES string of the molecule is C[C@]12CC[C@H]3C(=CCc4cc(OC(=O)c5ccccc5)ccc43)[C@@H]1CC[C@H]2OC(=O)c1ccccc1. The Morgan fingerprint density at radius 1 is 0.833 bits per heavy atom. The minimum absolute atomic E-state index is 0.0323. The van der Waals surface area contributed by atoms with Crippen molar-refractivity contribution in [2.75, 3.05) is 0 Å². The zero-order valence-electron chi connectivity index (χ0n) is 20.5. The van der Waals surface area contributed by atoms with Gasteiger partial charge in [0.25, 0.3) is 0 Å². The fourth-order valence-corrected chi connectivity index (χ4v) is 6.66. The van der Waals surface area contributed by atoms with Crippen LogP contribution in [0.3, 0.4) is 0 Å². The maximum Gasteiger partial charge on any atom is 0.343 e. The van der Waals surface area contributed by atoms with Crippen molar-refractivity contribution in [1.29, 1.82) is 0 Å². The largest absolute Gasteiger partial charge is 0.458 e. The fraction of sp³-hybridized carbons (Fsp3) is 0.312. The molecule has 0 saturated heterocycles. The van der Waals surface area contributed by atoms with Gasteiger partial charge in [-0.25, -0.2) is 9.59 Å². The molecule has 4 heteroatoms. The molecule has 3 aromatic carbocycles. The molecule has 3 aliphatic rings. The Labute approximate surface area is 211 Å². The second kappa shape index (κ2) is 9.09. The Balaban J connectivity index is 1.18. The van der Waals surface area contributed by atoms with Crippen LogP contribution in [0.2, 0.25) is 0 Å². The Hall–Kier alpha value is -3.66. The second-order valence-corrected chi connectivity index (χ2v) is 10.5. The van der Waals surface area contributed by atoms with Crippen LogP contribution in [0, 0.1) is 11.3 Å². The summed E-state index contributed by atoms with van der Waals surface area (Å²) >= 11 is 0. The quantitative estimate of drug-likeness (QED) is 0.232. The number of hydrogen-bond donors (Lipinski definition) is 0. The molecule has 0 unspecified atom stereocenters. The Kier molecular flexibility index (Phi) is 5.75. The number of allylic oxidation sites excluding steroid dienone is 2. The van der Waals surface area contributed by atoms with E-state index < -0.39 is 0 Å². The van der Waals surface area contributed by atoms with Gasteiger partial charge in [-0.15, -0.1) is 0 Å². The molecule has 0 amide bonds. The molecular weight excluding hydrogens is 448 g/mol. The molecule has 6 rings (SSSR count). The van der Waals surface area contributed by atoms with Gasteiger partial charge in [0.15, 0.2) is 0 Å². The van der Waals surface area contributed by atoms with Crippen LogP contribution in [0.15, 0.2) is 90.5 Å². The first-order valence-corrected chi connectivity index (χ1v) is 12.9. The van der Waals surface area contributed by atoms with Crippen molar-refractivity contribution >= 4 is 11.9 Å². The second-order valence-electron chi connectivity index (χ2n) is 10.5. The van der Waals surface area contributed by atoms with Gasteiger partial charge >= 0.3 is 11.9 Å². The molecule has 3 aromatic rings. The molecule has 2 fully saturated rings. The zero-order chi connectivity index (χ0) is 24.7. The maximum atomic E-state index is 12.8. The lowest BCUT2D eigenvalue weighted by Crippen LogP contribution is -2.41. The summed E-state index contributed by atoms with van der Waals surface area (Å²) in [5.41, 5.74) is 5.22. The highest BCUT2D eigenvalue weighted by Gasteiger charge is 2.54. The Morgan fingerprint density at radius 2 is 1.53 bits per heavy atom. The summed E-state index contributed by atoms with van der Waals surface area (Å²) in [6.45, 7) is 2.31. The molecule has 3 aliphatic carbocycles. The molecule has 0 bridgehead atoms. The van der Waals surface area contributed by atoms with Crippen LogP contribution in [0.25, 0.3) is 0 Å². The number of rotatable bonds is 4. The molecule has 0 spiro atoms. The summed E-state index contributed by atoms with van der Waals surface area (Å²) < 4.78 is 11.8. The summed E-state index contributed by atoms with van der Waals surface area (Å²) in [7, 11) is 0. The number of carbonyl (C=O) groups is 2. The number of carbonyl (C=O) groups excluding carboxylic acids is 2. The van der Waals surface area contributed by atoms with E-state index >= 15 is 0 Å². The molecule has 0 aromatic heterocycles. The van der Waals surface area contributed by atoms with E-state index in [0.717, 1.165) is 32.1 Å². The van der Waals surface area contributed by atoms with Crippen molar-refractivity contribution in [3.8, 4) is 5.75 Å². The minimum atomic E-state index is -0.335. The first-order chi connectivity index (χ1) is 17.5. The average molecular weight is 479 g/mol. The lowest BCUT2D eigenvalue weighted by atomic mass is 9.59. The molecule has 36 heavy (non-hydrogen) atoms. The third-order valence-electron chi connectivity index (χ3n) is 8.55. The van der Waals surface area contributed by atoms with Gasteiger partial charge in [0, 0.05) is 11.3 Å². The van der Waals surface area contributed by atoms with Crippen molar-refractivity contribution in [2.24, 2.45) is 11.3 Å². The normalized spacial score (nSPS) is 26.1. The van der Waals surface area contributed by atoms with Gasteiger partial charge in [-0.1, -0.05) is 61.0 Å². The third-order valence-corrected chi connectivity index (χ3v) is 8.55. The summed E-state index contributed by atoms with van der Waals surface area (Å²) in [6, 6.07) is 24.5. The van der Waals surface area contributed by atoms with E-state index in [2.05, 4.69) is 19.1 Å². The van der Waals surface area contributed by atoms with Gasteiger partial charge in [-0.3, -0.25) is 0 Å². The highest BCUT2D eigenvalue weighted by molar-refractivity contribution is 5.91. The van der Waals surface area contributed by atoms with Crippen molar-refractivity contribution in [1.82, 2.24) is 0 Å². The van der Waals surface area contributed by atoms with Crippen LogP contribution in [0.4, 0.5) is 0 Å². The third kappa shape index (κ3) is 3.95. The van der Waals surface area contributed by atoms with E-state index in [1.54, 1.807) is 12.1 Å². The van der Waals surface area contributed by atoms with Crippen molar-refractivity contribution in [3.05, 3.63) is 113 Å². The molecule has 4 atom stereocenters. The molecule has 0 aliphatic heterocycles. The maximum absolute atomic E-state index is 12.8. The monoisotopic (exact) mass is 478 g/mol. The predicted octanol–water partition coefficient (Wildman–Crippen LogP) is 6.91. The molecule has 4 nitrogen and oxygen atoms in total. The van der Waals surface area contributed by atoms with Crippen molar-refractivity contribution < 1.29 is 19.1 Å². The fourth-order valence-electron chi connectivity index (χ4n) is 6.66. The standard InChI is InChI=1S/C32H30O4/c1-32-19-18-26-25-15-13-24(35-30(33)21-8-4-2-5-9-21)20-23(25)12-14-27(26)28(32)16-17-29(32)36-31(34)22-10-6-3-7-11-22/h2-11,13-15,20,26,28-29H,12,16-19H2,1H3/t26-,28+,29-,32+/m1/s1. The summed E-state index contributed by atoms with van der Waals surface area (Å²) in [6.07, 6.45) is 7.18. The van der Waals surface area contributed by atoms with E-state index in [1.807, 2.05) is 60.7 Å². The van der Waals surface area contributed by atoms with Gasteiger partial charge in [0.2, 0.25) is 0 Å². The van der Waals surface area contributed by atoms with Crippen LogP contribution < -0.4 is 4.74 Å². The lowest BCUT2D eigenvalue weighted by molar-refractivity contribution is -0.0163. The van der Waals surface area contributed by atoms with E-state index in [0.29, 0.717) is 28.7 Å². The lowest BCUT2D eigenvalue weighted by Gasteiger charge is -2.46. The Bertz CT molecular complexity index is 1330. The number of esters is 2. The molecule has 2 saturated carbocycles. The highest BCUT2D eigenvalue weighted by Crippen LogP contribution is 2.60. The van der Waals surface area contributed by atoms with E-state index in [4.69, 9.17) is 9.47 Å². The van der Waals surface area contributed by atoms with Gasteiger partial charge in [-0.05, 0) is 85.5 Å². The van der Waals surface area contributed by atoms with Gasteiger partial charge in [0.1, 0.15) is 11.9 Å². The molecule has 0 heterocycles. The van der Waals surface area contributed by atoms with Crippen LogP contribution in [0.5, 0.6) is 5.75 Å².